The van der Waals surface area contributed by atoms with Crippen LogP contribution in [0.15, 0.2) is 59.3 Å². The van der Waals surface area contributed by atoms with Crippen molar-refractivity contribution in [2.24, 2.45) is 0 Å². The van der Waals surface area contributed by atoms with Crippen molar-refractivity contribution in [3.05, 3.63) is 64.8 Å². The van der Waals surface area contributed by atoms with E-state index < -0.39 is 11.8 Å². The van der Waals surface area contributed by atoms with Crippen LogP contribution in [0.25, 0.3) is 0 Å². The molecule has 0 spiro atoms. The number of carbonyl (C=O) groups is 2. The van der Waals surface area contributed by atoms with Gasteiger partial charge in [0.2, 0.25) is 0 Å². The minimum atomic E-state index is -0.539. The number of hydrogen-bond acceptors (Lipinski definition) is 4. The number of rotatable bonds is 4. The fourth-order valence-electron chi connectivity index (χ4n) is 2.43. The Balaban J connectivity index is 1.88. The topological polar surface area (TPSA) is 58.6 Å². The lowest BCUT2D eigenvalue weighted by Gasteiger charge is -2.15. The van der Waals surface area contributed by atoms with Gasteiger partial charge in [0.15, 0.2) is 0 Å². The number of benzene rings is 2. The Kier molecular flexibility index (Phi) is 4.27. The normalized spacial score (nSPS) is 14.4. The molecular weight excluding hydrogens is 328 g/mol. The molecule has 0 atom stereocenters. The summed E-state index contributed by atoms with van der Waals surface area (Å²) >= 11 is 6.10. The Bertz CT molecular complexity index is 844. The molecule has 0 radical (unpaired) electrons. The van der Waals surface area contributed by atoms with Gasteiger partial charge in [-0.2, -0.15) is 0 Å². The van der Waals surface area contributed by atoms with E-state index >= 15 is 0 Å². The van der Waals surface area contributed by atoms with E-state index in [2.05, 4.69) is 5.32 Å². The maximum atomic E-state index is 12.6. The second kappa shape index (κ2) is 6.37. The van der Waals surface area contributed by atoms with Crippen LogP contribution in [0.3, 0.4) is 0 Å². The van der Waals surface area contributed by atoms with Gasteiger partial charge < -0.3 is 10.1 Å². The molecule has 2 amide bonds. The van der Waals surface area contributed by atoms with Crippen molar-refractivity contribution in [3.63, 3.8) is 0 Å². The highest BCUT2D eigenvalue weighted by atomic mass is 35.5. The Morgan fingerprint density at radius 1 is 1.04 bits per heavy atom. The molecule has 0 unspecified atom stereocenters. The van der Waals surface area contributed by atoms with Gasteiger partial charge in [0.1, 0.15) is 16.5 Å². The fourth-order valence-corrected chi connectivity index (χ4v) is 2.64. The summed E-state index contributed by atoms with van der Waals surface area (Å²) in [6, 6.07) is 14.1. The summed E-state index contributed by atoms with van der Waals surface area (Å²) in [6.07, 6.45) is 0. The predicted octanol–water partition coefficient (Wildman–Crippen LogP) is 3.44. The number of aryl methyl sites for hydroxylation is 1. The lowest BCUT2D eigenvalue weighted by Crippen LogP contribution is -2.32. The van der Waals surface area contributed by atoms with Crippen molar-refractivity contribution in [1.82, 2.24) is 0 Å². The summed E-state index contributed by atoms with van der Waals surface area (Å²) in [7, 11) is 1.57. The molecule has 24 heavy (non-hydrogen) atoms. The first-order chi connectivity index (χ1) is 11.5. The highest BCUT2D eigenvalue weighted by Crippen LogP contribution is 2.30. The van der Waals surface area contributed by atoms with Crippen LogP contribution in [0, 0.1) is 6.92 Å². The molecule has 2 aromatic carbocycles. The van der Waals surface area contributed by atoms with E-state index in [4.69, 9.17) is 16.3 Å². The van der Waals surface area contributed by atoms with E-state index in [1.807, 2.05) is 13.0 Å². The molecule has 1 N–H and O–H groups in total. The molecule has 0 fully saturated rings. The summed E-state index contributed by atoms with van der Waals surface area (Å²) in [5.41, 5.74) is 2.14. The van der Waals surface area contributed by atoms with Crippen LogP contribution in [0.4, 0.5) is 11.4 Å². The van der Waals surface area contributed by atoms with Gasteiger partial charge in [0.05, 0.1) is 12.8 Å². The molecule has 1 heterocycles. The Hall–Kier alpha value is -2.79. The van der Waals surface area contributed by atoms with Gasteiger partial charge in [-0.3, -0.25) is 9.59 Å². The number of imide groups is 1. The minimum absolute atomic E-state index is 0.0633. The van der Waals surface area contributed by atoms with Gasteiger partial charge in [-0.15, -0.1) is 0 Å². The average Bonchev–Trinajstić information content (AvgIpc) is 2.79. The lowest BCUT2D eigenvalue weighted by atomic mass is 10.2. The first-order valence-electron chi connectivity index (χ1n) is 7.27. The smallest absolute Gasteiger partial charge is 0.283 e. The largest absolute Gasteiger partial charge is 0.497 e. The van der Waals surface area contributed by atoms with Crippen LogP contribution in [-0.4, -0.2) is 18.9 Å². The summed E-state index contributed by atoms with van der Waals surface area (Å²) in [5.74, 6) is -0.328. The van der Waals surface area contributed by atoms with Crippen molar-refractivity contribution >= 4 is 34.8 Å². The molecule has 2 aromatic rings. The number of carbonyl (C=O) groups excluding carboxylic acids is 2. The van der Waals surface area contributed by atoms with Gasteiger partial charge in [0, 0.05) is 5.69 Å². The van der Waals surface area contributed by atoms with Crippen molar-refractivity contribution in [2.75, 3.05) is 17.3 Å². The maximum absolute atomic E-state index is 12.6. The van der Waals surface area contributed by atoms with E-state index in [9.17, 15) is 9.59 Å². The summed E-state index contributed by atoms with van der Waals surface area (Å²) in [6.45, 7) is 1.89. The van der Waals surface area contributed by atoms with Crippen molar-refractivity contribution in [3.8, 4) is 5.75 Å². The zero-order chi connectivity index (χ0) is 17.3. The summed E-state index contributed by atoms with van der Waals surface area (Å²) < 4.78 is 5.09. The molecule has 122 valence electrons. The number of hydrogen-bond donors (Lipinski definition) is 1. The zero-order valence-corrected chi connectivity index (χ0v) is 13.9. The fraction of sp³-hybridized carbons (Fsp3) is 0.111. The molecule has 3 rings (SSSR count). The van der Waals surface area contributed by atoms with Crippen LogP contribution >= 0.6 is 11.6 Å². The van der Waals surface area contributed by atoms with E-state index in [-0.39, 0.29) is 10.7 Å². The van der Waals surface area contributed by atoms with Gasteiger partial charge in [-0.05, 0) is 48.9 Å². The Morgan fingerprint density at radius 2 is 1.75 bits per heavy atom. The van der Waals surface area contributed by atoms with E-state index in [0.717, 1.165) is 10.5 Å². The van der Waals surface area contributed by atoms with Gasteiger partial charge in [-0.1, -0.05) is 23.7 Å². The molecule has 6 heteroatoms. The molecular formula is C18H15ClN2O3. The van der Waals surface area contributed by atoms with E-state index in [0.29, 0.717) is 17.1 Å². The number of nitrogens with one attached hydrogen (secondary N) is 1. The first-order valence-corrected chi connectivity index (χ1v) is 7.65. The van der Waals surface area contributed by atoms with Crippen LogP contribution in [-0.2, 0) is 9.59 Å². The number of methoxy groups -OCH3 is 1. The van der Waals surface area contributed by atoms with Gasteiger partial charge >= 0.3 is 0 Å². The number of ether oxygens (including phenoxy) is 1. The molecule has 5 nitrogen and oxygen atoms in total. The third-order valence-corrected chi connectivity index (χ3v) is 4.00. The predicted molar refractivity (Wildman–Crippen MR) is 93.2 cm³/mol. The molecule has 0 saturated heterocycles. The minimum Gasteiger partial charge on any atom is -0.497 e. The lowest BCUT2D eigenvalue weighted by molar-refractivity contribution is -0.120. The number of amides is 2. The monoisotopic (exact) mass is 342 g/mol. The Morgan fingerprint density at radius 3 is 2.38 bits per heavy atom. The van der Waals surface area contributed by atoms with E-state index in [1.165, 1.54) is 0 Å². The van der Waals surface area contributed by atoms with Crippen LogP contribution in [0.2, 0.25) is 0 Å². The highest BCUT2D eigenvalue weighted by Gasteiger charge is 2.38. The second-order valence-corrected chi connectivity index (χ2v) is 5.71. The molecule has 1 aliphatic heterocycles. The summed E-state index contributed by atoms with van der Waals surface area (Å²) in [4.78, 5) is 26.1. The quantitative estimate of drug-likeness (QED) is 0.865. The van der Waals surface area contributed by atoms with Gasteiger partial charge in [-0.25, -0.2) is 4.90 Å². The molecule has 0 aromatic heterocycles. The zero-order valence-electron chi connectivity index (χ0n) is 13.2. The third-order valence-electron chi connectivity index (χ3n) is 3.65. The van der Waals surface area contributed by atoms with Crippen LogP contribution in [0.5, 0.6) is 5.75 Å². The van der Waals surface area contributed by atoms with Gasteiger partial charge in [0.25, 0.3) is 11.8 Å². The SMILES string of the molecule is COc1ccc(NC2=C(Cl)C(=O)N(c3cccc(C)c3)C2=O)cc1. The first kappa shape index (κ1) is 16.1. The van der Waals surface area contributed by atoms with Crippen molar-refractivity contribution in [2.45, 2.75) is 6.92 Å². The standard InChI is InChI=1S/C18H15ClN2O3/c1-11-4-3-5-13(10-11)21-17(22)15(19)16(18(21)23)20-12-6-8-14(24-2)9-7-12/h3-10,20H,1-2H3. The van der Waals surface area contributed by atoms with Crippen LogP contribution in [0.1, 0.15) is 5.56 Å². The molecule has 0 saturated carbocycles. The molecule has 0 aliphatic carbocycles. The molecule has 1 aliphatic rings. The third kappa shape index (κ3) is 2.86. The van der Waals surface area contributed by atoms with Crippen molar-refractivity contribution in [1.29, 1.82) is 0 Å². The average molecular weight is 343 g/mol. The Labute approximate surface area is 144 Å². The van der Waals surface area contributed by atoms with E-state index in [1.54, 1.807) is 49.6 Å². The number of halogens is 1. The van der Waals surface area contributed by atoms with Crippen molar-refractivity contribution < 1.29 is 14.3 Å². The molecule has 0 bridgehead atoms. The summed E-state index contributed by atoms with van der Waals surface area (Å²) in [5, 5.41) is 2.79. The number of anilines is 2. The number of nitrogens with zero attached hydrogens (tertiary/aromatic N) is 1. The highest BCUT2D eigenvalue weighted by molar-refractivity contribution is 6.53. The second-order valence-electron chi connectivity index (χ2n) is 5.33. The maximum Gasteiger partial charge on any atom is 0.283 e. The van der Waals surface area contributed by atoms with Crippen LogP contribution < -0.4 is 15.0 Å².